The third-order valence-corrected chi connectivity index (χ3v) is 8.53. The highest BCUT2D eigenvalue weighted by Crippen LogP contribution is 2.37. The molecule has 9 heteroatoms. The largest absolute Gasteiger partial charge is 0.478 e. The fourth-order valence-electron chi connectivity index (χ4n) is 6.08. The summed E-state index contributed by atoms with van der Waals surface area (Å²) in [4.78, 5) is 18.6. The van der Waals surface area contributed by atoms with Crippen molar-refractivity contribution in [2.24, 2.45) is 0 Å². The van der Waals surface area contributed by atoms with Gasteiger partial charge >= 0.3 is 12.1 Å². The van der Waals surface area contributed by atoms with Crippen LogP contribution in [-0.2, 0) is 19.3 Å². The maximum absolute atomic E-state index is 13.4. The maximum Gasteiger partial charge on any atom is 0.416 e. The zero-order chi connectivity index (χ0) is 30.8. The summed E-state index contributed by atoms with van der Waals surface area (Å²) in [5.41, 5.74) is 4.40. The van der Waals surface area contributed by atoms with Gasteiger partial charge in [0, 0.05) is 35.4 Å². The number of fused-ring (bicyclic) bond motifs is 1. The van der Waals surface area contributed by atoms with E-state index in [9.17, 15) is 23.1 Å². The van der Waals surface area contributed by atoms with Gasteiger partial charge in [-0.05, 0) is 78.6 Å². The van der Waals surface area contributed by atoms with E-state index in [1.54, 1.807) is 30.3 Å². The van der Waals surface area contributed by atoms with Crippen molar-refractivity contribution in [2.45, 2.75) is 57.4 Å². The fourth-order valence-corrected chi connectivity index (χ4v) is 6.21. The van der Waals surface area contributed by atoms with Crippen LogP contribution in [0, 0.1) is 0 Å². The van der Waals surface area contributed by atoms with Gasteiger partial charge in [-0.25, -0.2) is 9.78 Å². The van der Waals surface area contributed by atoms with Crippen LogP contribution >= 0.6 is 11.6 Å². The van der Waals surface area contributed by atoms with Crippen LogP contribution in [0.4, 0.5) is 18.9 Å². The van der Waals surface area contributed by atoms with E-state index in [1.807, 2.05) is 47.4 Å². The highest BCUT2D eigenvalue weighted by Gasteiger charge is 2.30. The van der Waals surface area contributed by atoms with Crippen LogP contribution in [0.1, 0.15) is 65.2 Å². The molecule has 1 aliphatic carbocycles. The number of aromatic nitrogens is 2. The van der Waals surface area contributed by atoms with E-state index in [-0.39, 0.29) is 18.2 Å². The lowest BCUT2D eigenvalue weighted by Gasteiger charge is -2.26. The Labute approximate surface area is 258 Å². The summed E-state index contributed by atoms with van der Waals surface area (Å²) in [7, 11) is 0. The number of halogens is 4. The van der Waals surface area contributed by atoms with Crippen LogP contribution in [0.2, 0.25) is 5.02 Å². The highest BCUT2D eigenvalue weighted by molar-refractivity contribution is 6.30. The predicted octanol–water partition coefficient (Wildman–Crippen LogP) is 9.79. The first-order valence-electron chi connectivity index (χ1n) is 14.7. The van der Waals surface area contributed by atoms with Gasteiger partial charge < -0.3 is 14.6 Å². The van der Waals surface area contributed by atoms with E-state index in [0.29, 0.717) is 22.6 Å². The molecule has 4 aromatic carbocycles. The molecule has 0 amide bonds. The van der Waals surface area contributed by atoms with Gasteiger partial charge in [0.1, 0.15) is 5.82 Å². The van der Waals surface area contributed by atoms with Crippen molar-refractivity contribution in [2.75, 3.05) is 4.90 Å². The van der Waals surface area contributed by atoms with E-state index in [4.69, 9.17) is 16.6 Å². The number of rotatable bonds is 8. The molecular weight excluding hydrogens is 587 g/mol. The molecular formula is C35H31ClF3N3O2. The molecule has 1 N–H and O–H groups in total. The molecule has 1 aliphatic rings. The third kappa shape index (κ3) is 6.45. The minimum Gasteiger partial charge on any atom is -0.478 e. The van der Waals surface area contributed by atoms with Gasteiger partial charge in [-0.3, -0.25) is 0 Å². The van der Waals surface area contributed by atoms with Crippen molar-refractivity contribution in [1.82, 2.24) is 9.55 Å². The van der Waals surface area contributed by atoms with Crippen molar-refractivity contribution < 1.29 is 23.1 Å². The smallest absolute Gasteiger partial charge is 0.416 e. The molecule has 1 saturated carbocycles. The van der Waals surface area contributed by atoms with Crippen LogP contribution in [0.5, 0.6) is 0 Å². The minimum atomic E-state index is -4.42. The molecule has 0 saturated heterocycles. The molecule has 44 heavy (non-hydrogen) atoms. The Hall–Kier alpha value is -4.30. The van der Waals surface area contributed by atoms with Gasteiger partial charge in [0.2, 0.25) is 0 Å². The lowest BCUT2D eigenvalue weighted by Crippen LogP contribution is -2.22. The van der Waals surface area contributed by atoms with E-state index in [0.717, 1.165) is 59.9 Å². The fraction of sp³-hybridized carbons (Fsp3) is 0.257. The minimum absolute atomic E-state index is 0.204. The zero-order valence-electron chi connectivity index (χ0n) is 23.9. The summed E-state index contributed by atoms with van der Waals surface area (Å²) in [5.74, 6) is -0.181. The number of aromatic carboxylic acids is 1. The van der Waals surface area contributed by atoms with Gasteiger partial charge in [0.25, 0.3) is 0 Å². The standard InChI is InChI=1S/C35H31ClF3N3O2/c36-28-14-16-29(17-15-28)41(22-24-5-4-6-27(19-24)35(37,38)39)21-23-9-11-25(12-10-23)33-40-31-20-26(34(43)44)13-18-32(31)42(33)30-7-2-1-3-8-30/h4-6,9-20,30H,1-3,7-8,21-22H2,(H,43,44). The Balaban J connectivity index is 1.32. The molecule has 0 aliphatic heterocycles. The van der Waals surface area contributed by atoms with Crippen LogP contribution in [-0.4, -0.2) is 20.6 Å². The number of hydrogen-bond acceptors (Lipinski definition) is 3. The number of anilines is 1. The Morgan fingerprint density at radius 1 is 0.886 bits per heavy atom. The first-order valence-corrected chi connectivity index (χ1v) is 15.0. The second-order valence-electron chi connectivity index (χ2n) is 11.3. The number of alkyl halides is 3. The number of carboxylic acids is 1. The van der Waals surface area contributed by atoms with Crippen molar-refractivity contribution in [1.29, 1.82) is 0 Å². The number of nitrogens with zero attached hydrogens (tertiary/aromatic N) is 3. The Kier molecular flexibility index (Phi) is 8.36. The molecule has 0 bridgehead atoms. The molecule has 6 rings (SSSR count). The molecule has 1 fully saturated rings. The Bertz CT molecular complexity index is 1780. The van der Waals surface area contributed by atoms with Crippen molar-refractivity contribution in [3.8, 4) is 11.4 Å². The van der Waals surface area contributed by atoms with E-state index in [1.165, 1.54) is 18.6 Å². The molecule has 1 heterocycles. The van der Waals surface area contributed by atoms with Crippen molar-refractivity contribution in [3.63, 3.8) is 0 Å². The van der Waals surface area contributed by atoms with Crippen LogP contribution in [0.15, 0.2) is 91.0 Å². The third-order valence-electron chi connectivity index (χ3n) is 8.28. The maximum atomic E-state index is 13.4. The normalized spacial score (nSPS) is 14.2. The molecule has 226 valence electrons. The molecule has 5 nitrogen and oxygen atoms in total. The quantitative estimate of drug-likeness (QED) is 0.188. The summed E-state index contributed by atoms with van der Waals surface area (Å²) in [5, 5.41) is 10.1. The lowest BCUT2D eigenvalue weighted by molar-refractivity contribution is -0.137. The second-order valence-corrected chi connectivity index (χ2v) is 11.8. The summed E-state index contributed by atoms with van der Waals surface area (Å²) in [6.07, 6.45) is 1.16. The summed E-state index contributed by atoms with van der Waals surface area (Å²) in [6, 6.07) is 26.1. The van der Waals surface area contributed by atoms with E-state index in [2.05, 4.69) is 4.57 Å². The molecule has 0 unspecified atom stereocenters. The number of carboxylic acid groups (broad SMARTS) is 1. The average molecular weight is 618 g/mol. The van der Waals surface area contributed by atoms with E-state index < -0.39 is 17.7 Å². The van der Waals surface area contributed by atoms with Gasteiger partial charge in [-0.15, -0.1) is 0 Å². The van der Waals surface area contributed by atoms with Crippen molar-refractivity contribution >= 4 is 34.3 Å². The lowest BCUT2D eigenvalue weighted by atomic mass is 9.94. The molecule has 0 atom stereocenters. The average Bonchev–Trinajstić information content (AvgIpc) is 3.40. The molecule has 5 aromatic rings. The van der Waals surface area contributed by atoms with Gasteiger partial charge in [-0.2, -0.15) is 13.2 Å². The number of benzene rings is 4. The van der Waals surface area contributed by atoms with Crippen LogP contribution < -0.4 is 4.90 Å². The van der Waals surface area contributed by atoms with Crippen LogP contribution in [0.3, 0.4) is 0 Å². The summed E-state index contributed by atoms with van der Waals surface area (Å²) in [6.45, 7) is 0.732. The first kappa shape index (κ1) is 29.8. The van der Waals surface area contributed by atoms with Gasteiger partial charge in [-0.1, -0.05) is 67.3 Å². The van der Waals surface area contributed by atoms with Gasteiger partial charge in [0.15, 0.2) is 0 Å². The molecule has 0 spiro atoms. The van der Waals surface area contributed by atoms with E-state index >= 15 is 0 Å². The summed E-state index contributed by atoms with van der Waals surface area (Å²) >= 11 is 6.13. The predicted molar refractivity (Wildman–Crippen MR) is 167 cm³/mol. The number of hydrogen-bond donors (Lipinski definition) is 1. The zero-order valence-corrected chi connectivity index (χ0v) is 24.7. The monoisotopic (exact) mass is 617 g/mol. The highest BCUT2D eigenvalue weighted by atomic mass is 35.5. The Morgan fingerprint density at radius 3 is 2.27 bits per heavy atom. The SMILES string of the molecule is O=C(O)c1ccc2c(c1)nc(-c1ccc(CN(Cc3cccc(C(F)(F)F)c3)c3ccc(Cl)cc3)cc1)n2C1CCCCC1. The Morgan fingerprint density at radius 2 is 1.59 bits per heavy atom. The first-order chi connectivity index (χ1) is 21.2. The number of imidazole rings is 1. The second kappa shape index (κ2) is 12.4. The number of carbonyl (C=O) groups is 1. The summed E-state index contributed by atoms with van der Waals surface area (Å²) < 4.78 is 42.5. The van der Waals surface area contributed by atoms with Gasteiger partial charge in [0.05, 0.1) is 22.2 Å². The van der Waals surface area contributed by atoms with Crippen LogP contribution in [0.25, 0.3) is 22.4 Å². The molecule has 0 radical (unpaired) electrons. The topological polar surface area (TPSA) is 58.4 Å². The molecule has 1 aromatic heterocycles. The van der Waals surface area contributed by atoms with Crippen molar-refractivity contribution in [3.05, 3.63) is 118 Å².